The molecule has 1 aliphatic heterocycles. The fourth-order valence-corrected chi connectivity index (χ4v) is 1.41. The number of methoxy groups -OCH3 is 1. The Morgan fingerprint density at radius 1 is 1.64 bits per heavy atom. The largest absolute Gasteiger partial charge is 0.468 e. The minimum absolute atomic E-state index is 0.0278. The third-order valence-electron chi connectivity index (χ3n) is 2.20. The predicted molar refractivity (Wildman–Crippen MR) is 42.3 cm³/mol. The van der Waals surface area contributed by atoms with Crippen LogP contribution in [-0.2, 0) is 9.53 Å². The van der Waals surface area contributed by atoms with Crippen LogP contribution in [0.5, 0.6) is 0 Å². The van der Waals surface area contributed by atoms with Crippen LogP contribution in [0.2, 0.25) is 0 Å². The van der Waals surface area contributed by atoms with Gasteiger partial charge in [-0.15, -0.1) is 0 Å². The molecule has 1 saturated heterocycles. The molecule has 0 amide bonds. The van der Waals surface area contributed by atoms with Crippen molar-refractivity contribution in [2.75, 3.05) is 13.7 Å². The molecular weight excluding hydrogens is 142 g/mol. The summed E-state index contributed by atoms with van der Waals surface area (Å²) in [5.41, 5.74) is 0. The highest BCUT2D eigenvalue weighted by Gasteiger charge is 2.36. The van der Waals surface area contributed by atoms with E-state index in [4.69, 9.17) is 0 Å². The zero-order valence-corrected chi connectivity index (χ0v) is 7.33. The quantitative estimate of drug-likeness (QED) is 0.551. The van der Waals surface area contributed by atoms with Crippen LogP contribution in [0.25, 0.3) is 0 Å². The van der Waals surface area contributed by atoms with Crippen LogP contribution in [0.15, 0.2) is 0 Å². The van der Waals surface area contributed by atoms with E-state index in [-0.39, 0.29) is 12.0 Å². The molecule has 1 unspecified atom stereocenters. The molecule has 1 aliphatic rings. The zero-order valence-electron chi connectivity index (χ0n) is 7.33. The summed E-state index contributed by atoms with van der Waals surface area (Å²) in [5, 5.41) is 0. The van der Waals surface area contributed by atoms with E-state index in [1.54, 1.807) is 0 Å². The maximum Gasteiger partial charge on any atom is 0.323 e. The number of hydrogen-bond donors (Lipinski definition) is 0. The normalized spacial score (nSPS) is 24.9. The van der Waals surface area contributed by atoms with Crippen LogP contribution in [0.3, 0.4) is 0 Å². The van der Waals surface area contributed by atoms with Crippen molar-refractivity contribution in [3.63, 3.8) is 0 Å². The molecule has 0 spiro atoms. The molecule has 0 aromatic carbocycles. The summed E-state index contributed by atoms with van der Waals surface area (Å²) in [6, 6.07) is 0.479. The van der Waals surface area contributed by atoms with Crippen molar-refractivity contribution < 1.29 is 9.53 Å². The number of likely N-dealkylation sites (tertiary alicyclic amines) is 1. The highest BCUT2D eigenvalue weighted by Crippen LogP contribution is 2.20. The van der Waals surface area contributed by atoms with Crippen molar-refractivity contribution in [2.24, 2.45) is 0 Å². The van der Waals surface area contributed by atoms with Gasteiger partial charge in [0, 0.05) is 12.6 Å². The molecule has 1 heterocycles. The Bertz CT molecular complexity index is 156. The maximum absolute atomic E-state index is 11.0. The van der Waals surface area contributed by atoms with Crippen LogP contribution < -0.4 is 0 Å². The molecule has 11 heavy (non-hydrogen) atoms. The van der Waals surface area contributed by atoms with Crippen LogP contribution in [0.1, 0.15) is 20.3 Å². The van der Waals surface area contributed by atoms with Crippen molar-refractivity contribution in [2.45, 2.75) is 32.4 Å². The molecule has 1 rings (SSSR count). The second-order valence-corrected chi connectivity index (χ2v) is 3.16. The lowest BCUT2D eigenvalue weighted by Gasteiger charge is -2.41. The van der Waals surface area contributed by atoms with Gasteiger partial charge in [-0.25, -0.2) is 0 Å². The molecule has 0 bridgehead atoms. The van der Waals surface area contributed by atoms with E-state index in [1.807, 2.05) is 0 Å². The Labute approximate surface area is 67.3 Å². The first kappa shape index (κ1) is 8.53. The standard InChI is InChI=1S/C8H15NO2/c1-6(2)9-5-4-7(9)8(10)11-3/h6-7H,4-5H2,1-3H3. The topological polar surface area (TPSA) is 29.5 Å². The summed E-state index contributed by atoms with van der Waals surface area (Å²) in [7, 11) is 1.44. The van der Waals surface area contributed by atoms with Gasteiger partial charge in [0.15, 0.2) is 0 Å². The lowest BCUT2D eigenvalue weighted by molar-refractivity contribution is -0.153. The van der Waals surface area contributed by atoms with Gasteiger partial charge < -0.3 is 4.74 Å². The molecule has 1 atom stereocenters. The lowest BCUT2D eigenvalue weighted by Crippen LogP contribution is -2.55. The zero-order chi connectivity index (χ0) is 8.43. The number of ether oxygens (including phenoxy) is 1. The molecule has 3 nitrogen and oxygen atoms in total. The Balaban J connectivity index is 2.43. The molecule has 0 N–H and O–H groups in total. The van der Waals surface area contributed by atoms with E-state index in [2.05, 4.69) is 23.5 Å². The summed E-state index contributed by atoms with van der Waals surface area (Å²) in [6.07, 6.45) is 0.949. The van der Waals surface area contributed by atoms with Crippen molar-refractivity contribution in [3.8, 4) is 0 Å². The van der Waals surface area contributed by atoms with Crippen LogP contribution in [0.4, 0.5) is 0 Å². The molecule has 1 fully saturated rings. The van der Waals surface area contributed by atoms with Gasteiger partial charge in [0.2, 0.25) is 0 Å². The molecule has 0 aliphatic carbocycles. The van der Waals surface area contributed by atoms with Gasteiger partial charge in [0.1, 0.15) is 6.04 Å². The van der Waals surface area contributed by atoms with E-state index in [0.717, 1.165) is 13.0 Å². The van der Waals surface area contributed by atoms with Gasteiger partial charge in [-0.05, 0) is 20.3 Å². The summed E-state index contributed by atoms with van der Waals surface area (Å²) in [6.45, 7) is 5.21. The third-order valence-corrected chi connectivity index (χ3v) is 2.20. The average molecular weight is 157 g/mol. The number of carbonyl (C=O) groups excluding carboxylic acids is 1. The highest BCUT2D eigenvalue weighted by atomic mass is 16.5. The van der Waals surface area contributed by atoms with Crippen molar-refractivity contribution >= 4 is 5.97 Å². The Kier molecular flexibility index (Phi) is 2.49. The number of carbonyl (C=O) groups is 1. The van der Waals surface area contributed by atoms with E-state index >= 15 is 0 Å². The minimum atomic E-state index is -0.0926. The first-order valence-corrected chi connectivity index (χ1v) is 4.00. The number of rotatable bonds is 2. The van der Waals surface area contributed by atoms with Crippen LogP contribution >= 0.6 is 0 Å². The number of esters is 1. The van der Waals surface area contributed by atoms with Gasteiger partial charge in [0.05, 0.1) is 7.11 Å². The highest BCUT2D eigenvalue weighted by molar-refractivity contribution is 5.76. The van der Waals surface area contributed by atoms with Crippen molar-refractivity contribution in [1.29, 1.82) is 0 Å². The second kappa shape index (κ2) is 3.22. The van der Waals surface area contributed by atoms with E-state index in [1.165, 1.54) is 7.11 Å². The first-order valence-electron chi connectivity index (χ1n) is 4.00. The second-order valence-electron chi connectivity index (χ2n) is 3.16. The lowest BCUT2D eigenvalue weighted by atomic mass is 10.0. The average Bonchev–Trinajstić information content (AvgIpc) is 1.83. The van der Waals surface area contributed by atoms with Gasteiger partial charge in [0.25, 0.3) is 0 Å². The SMILES string of the molecule is COC(=O)C1CCN1C(C)C. The molecule has 0 aromatic rings. The van der Waals surface area contributed by atoms with E-state index in [0.29, 0.717) is 6.04 Å². The van der Waals surface area contributed by atoms with Gasteiger partial charge in [-0.2, -0.15) is 0 Å². The Hall–Kier alpha value is -0.570. The summed E-state index contributed by atoms with van der Waals surface area (Å²) in [4.78, 5) is 13.2. The molecular formula is C8H15NO2. The summed E-state index contributed by atoms with van der Waals surface area (Å²) < 4.78 is 4.65. The molecule has 3 heteroatoms. The molecule has 64 valence electrons. The van der Waals surface area contributed by atoms with Crippen LogP contribution in [0, 0.1) is 0 Å². The smallest absolute Gasteiger partial charge is 0.323 e. The number of hydrogen-bond acceptors (Lipinski definition) is 3. The van der Waals surface area contributed by atoms with Gasteiger partial charge in [-0.1, -0.05) is 0 Å². The molecule has 0 saturated carbocycles. The fraction of sp³-hybridized carbons (Fsp3) is 0.875. The Morgan fingerprint density at radius 2 is 2.27 bits per heavy atom. The van der Waals surface area contributed by atoms with Gasteiger partial charge >= 0.3 is 5.97 Å². The summed E-state index contributed by atoms with van der Waals surface area (Å²) in [5.74, 6) is -0.0926. The molecule has 0 radical (unpaired) electrons. The van der Waals surface area contributed by atoms with E-state index < -0.39 is 0 Å². The van der Waals surface area contributed by atoms with Crippen molar-refractivity contribution in [3.05, 3.63) is 0 Å². The van der Waals surface area contributed by atoms with Gasteiger partial charge in [-0.3, -0.25) is 9.69 Å². The van der Waals surface area contributed by atoms with Crippen molar-refractivity contribution in [1.82, 2.24) is 4.90 Å². The fourth-order valence-electron chi connectivity index (χ4n) is 1.41. The summed E-state index contributed by atoms with van der Waals surface area (Å²) >= 11 is 0. The first-order chi connectivity index (χ1) is 5.16. The number of nitrogens with zero attached hydrogens (tertiary/aromatic N) is 1. The monoisotopic (exact) mass is 157 g/mol. The Morgan fingerprint density at radius 3 is 2.55 bits per heavy atom. The predicted octanol–water partition coefficient (Wildman–Crippen LogP) is 0.642. The maximum atomic E-state index is 11.0. The van der Waals surface area contributed by atoms with Crippen LogP contribution in [-0.4, -0.2) is 36.6 Å². The van der Waals surface area contributed by atoms with E-state index in [9.17, 15) is 4.79 Å². The molecule has 0 aromatic heterocycles. The third kappa shape index (κ3) is 1.53. The minimum Gasteiger partial charge on any atom is -0.468 e.